The van der Waals surface area contributed by atoms with Gasteiger partial charge in [0, 0.05) is 45.8 Å². The molecule has 26 heavy (non-hydrogen) atoms. The summed E-state index contributed by atoms with van der Waals surface area (Å²) in [5, 5.41) is 0. The van der Waals surface area contributed by atoms with Crippen LogP contribution >= 0.6 is 0 Å². The molecular formula is C19H27F3N2O2. The summed E-state index contributed by atoms with van der Waals surface area (Å²) in [7, 11) is 0. The van der Waals surface area contributed by atoms with Crippen LogP contribution in [-0.4, -0.2) is 67.8 Å². The van der Waals surface area contributed by atoms with Gasteiger partial charge in [-0.25, -0.2) is 0 Å². The molecule has 1 amide bonds. The van der Waals surface area contributed by atoms with Crippen LogP contribution in [0.1, 0.15) is 24.0 Å². The summed E-state index contributed by atoms with van der Waals surface area (Å²) in [6.07, 6.45) is -2.44. The topological polar surface area (TPSA) is 32.8 Å². The molecule has 0 N–H and O–H groups in total. The van der Waals surface area contributed by atoms with Gasteiger partial charge in [-0.1, -0.05) is 29.8 Å². The Kier molecular flexibility index (Phi) is 7.90. The van der Waals surface area contributed by atoms with E-state index in [0.717, 1.165) is 19.5 Å². The molecule has 1 saturated heterocycles. The Labute approximate surface area is 152 Å². The van der Waals surface area contributed by atoms with Gasteiger partial charge >= 0.3 is 6.18 Å². The van der Waals surface area contributed by atoms with Crippen LogP contribution in [-0.2, 0) is 16.0 Å². The van der Waals surface area contributed by atoms with Gasteiger partial charge in [0.25, 0.3) is 0 Å². The molecule has 0 aromatic heterocycles. The second-order valence-corrected chi connectivity index (χ2v) is 6.73. The summed E-state index contributed by atoms with van der Waals surface area (Å²) in [6, 6.07) is 8.22. The van der Waals surface area contributed by atoms with Gasteiger partial charge in [0.05, 0.1) is 0 Å². The summed E-state index contributed by atoms with van der Waals surface area (Å²) in [4.78, 5) is 16.4. The third kappa shape index (κ3) is 7.74. The van der Waals surface area contributed by atoms with Gasteiger partial charge in [-0.2, -0.15) is 13.2 Å². The molecule has 1 fully saturated rings. The molecule has 0 radical (unpaired) electrons. The Hall–Kier alpha value is -1.60. The Morgan fingerprint density at radius 1 is 1.12 bits per heavy atom. The van der Waals surface area contributed by atoms with E-state index < -0.39 is 12.8 Å². The third-order valence-electron chi connectivity index (χ3n) is 4.50. The van der Waals surface area contributed by atoms with Gasteiger partial charge < -0.3 is 9.64 Å². The van der Waals surface area contributed by atoms with Crippen molar-refractivity contribution in [3.63, 3.8) is 0 Å². The van der Waals surface area contributed by atoms with E-state index in [-0.39, 0.29) is 12.5 Å². The van der Waals surface area contributed by atoms with Gasteiger partial charge in [-0.3, -0.25) is 9.69 Å². The Morgan fingerprint density at radius 2 is 1.77 bits per heavy atom. The van der Waals surface area contributed by atoms with Crippen molar-refractivity contribution in [3.05, 3.63) is 35.4 Å². The van der Waals surface area contributed by atoms with Crippen molar-refractivity contribution in [2.75, 3.05) is 45.9 Å². The standard InChI is InChI=1S/C19H27F3N2O2/c1-16-3-5-17(6-4-16)7-8-18(25)24-12-10-23(11-13-24)9-2-14-26-15-19(20,21)22/h3-6H,2,7-15H2,1H3. The molecule has 0 spiro atoms. The first-order valence-electron chi connectivity index (χ1n) is 9.04. The van der Waals surface area contributed by atoms with Gasteiger partial charge in [-0.05, 0) is 25.3 Å². The maximum atomic E-state index is 12.3. The number of carbonyl (C=O) groups excluding carboxylic acids is 1. The molecule has 0 atom stereocenters. The molecule has 1 aromatic rings. The van der Waals surface area contributed by atoms with E-state index in [9.17, 15) is 18.0 Å². The number of halogens is 3. The number of piperazine rings is 1. The average Bonchev–Trinajstić information content (AvgIpc) is 2.60. The minimum absolute atomic E-state index is 0.106. The molecule has 0 bridgehead atoms. The van der Waals surface area contributed by atoms with E-state index in [2.05, 4.69) is 33.9 Å². The first-order valence-corrected chi connectivity index (χ1v) is 9.04. The molecule has 7 heteroatoms. The number of nitrogens with zero attached hydrogens (tertiary/aromatic N) is 2. The normalized spacial score (nSPS) is 16.1. The fraction of sp³-hybridized carbons (Fsp3) is 0.632. The zero-order valence-corrected chi connectivity index (χ0v) is 15.2. The lowest BCUT2D eigenvalue weighted by Crippen LogP contribution is -2.49. The summed E-state index contributed by atoms with van der Waals surface area (Å²) >= 11 is 0. The minimum Gasteiger partial charge on any atom is -0.372 e. The number of aryl methyl sites for hydroxylation is 2. The van der Waals surface area contributed by atoms with E-state index >= 15 is 0 Å². The van der Waals surface area contributed by atoms with Crippen LogP contribution in [0.3, 0.4) is 0 Å². The lowest BCUT2D eigenvalue weighted by Gasteiger charge is -2.34. The highest BCUT2D eigenvalue weighted by molar-refractivity contribution is 5.76. The summed E-state index contributed by atoms with van der Waals surface area (Å²) in [5.41, 5.74) is 2.38. The highest BCUT2D eigenvalue weighted by Crippen LogP contribution is 2.14. The number of hydrogen-bond donors (Lipinski definition) is 0. The van der Waals surface area contributed by atoms with Crippen LogP contribution in [0.2, 0.25) is 0 Å². The van der Waals surface area contributed by atoms with E-state index in [1.54, 1.807) is 0 Å². The molecule has 1 heterocycles. The number of alkyl halides is 3. The quantitative estimate of drug-likeness (QED) is 0.658. The van der Waals surface area contributed by atoms with Crippen LogP contribution in [0.15, 0.2) is 24.3 Å². The maximum absolute atomic E-state index is 12.3. The summed E-state index contributed by atoms with van der Waals surface area (Å²) in [5.74, 6) is 0.165. The molecule has 1 aliphatic rings. The van der Waals surface area contributed by atoms with Crippen molar-refractivity contribution in [1.82, 2.24) is 9.80 Å². The van der Waals surface area contributed by atoms with E-state index in [0.29, 0.717) is 32.5 Å². The van der Waals surface area contributed by atoms with Crippen molar-refractivity contribution < 1.29 is 22.7 Å². The van der Waals surface area contributed by atoms with Gasteiger partial charge in [0.15, 0.2) is 0 Å². The van der Waals surface area contributed by atoms with Crippen LogP contribution in [0.25, 0.3) is 0 Å². The smallest absolute Gasteiger partial charge is 0.372 e. The largest absolute Gasteiger partial charge is 0.411 e. The van der Waals surface area contributed by atoms with Crippen LogP contribution in [0.5, 0.6) is 0 Å². The molecule has 2 rings (SSSR count). The zero-order valence-electron chi connectivity index (χ0n) is 15.2. The first kappa shape index (κ1) is 20.7. The molecule has 0 aliphatic carbocycles. The molecule has 4 nitrogen and oxygen atoms in total. The maximum Gasteiger partial charge on any atom is 0.411 e. The van der Waals surface area contributed by atoms with Crippen molar-refractivity contribution in [2.45, 2.75) is 32.4 Å². The highest BCUT2D eigenvalue weighted by Gasteiger charge is 2.27. The predicted octanol–water partition coefficient (Wildman–Crippen LogP) is 3.04. The zero-order chi connectivity index (χ0) is 19.0. The highest BCUT2D eigenvalue weighted by atomic mass is 19.4. The number of carbonyl (C=O) groups is 1. The molecule has 0 unspecified atom stereocenters. The van der Waals surface area contributed by atoms with Crippen molar-refractivity contribution >= 4 is 5.91 Å². The van der Waals surface area contributed by atoms with Crippen molar-refractivity contribution in [1.29, 1.82) is 0 Å². The number of amides is 1. The fourth-order valence-electron chi connectivity index (χ4n) is 2.96. The monoisotopic (exact) mass is 372 g/mol. The van der Waals surface area contributed by atoms with E-state index in [4.69, 9.17) is 0 Å². The van der Waals surface area contributed by atoms with E-state index in [1.165, 1.54) is 11.1 Å². The SMILES string of the molecule is Cc1ccc(CCC(=O)N2CCN(CCCOCC(F)(F)F)CC2)cc1. The average molecular weight is 372 g/mol. The van der Waals surface area contributed by atoms with Gasteiger partial charge in [0.1, 0.15) is 6.61 Å². The van der Waals surface area contributed by atoms with Crippen LogP contribution in [0, 0.1) is 6.92 Å². The lowest BCUT2D eigenvalue weighted by atomic mass is 10.1. The predicted molar refractivity (Wildman–Crippen MR) is 94.0 cm³/mol. The Balaban J connectivity index is 1.58. The van der Waals surface area contributed by atoms with Crippen molar-refractivity contribution in [2.24, 2.45) is 0 Å². The first-order chi connectivity index (χ1) is 12.3. The van der Waals surface area contributed by atoms with Gasteiger partial charge in [0.2, 0.25) is 5.91 Å². The van der Waals surface area contributed by atoms with Crippen molar-refractivity contribution in [3.8, 4) is 0 Å². The molecule has 0 saturated carbocycles. The van der Waals surface area contributed by atoms with Crippen LogP contribution in [0.4, 0.5) is 13.2 Å². The second kappa shape index (κ2) is 9.92. The summed E-state index contributed by atoms with van der Waals surface area (Å²) < 4.78 is 40.5. The second-order valence-electron chi connectivity index (χ2n) is 6.73. The lowest BCUT2D eigenvalue weighted by molar-refractivity contribution is -0.174. The number of rotatable bonds is 8. The fourth-order valence-corrected chi connectivity index (χ4v) is 2.96. The van der Waals surface area contributed by atoms with Crippen LogP contribution < -0.4 is 0 Å². The number of ether oxygens (including phenoxy) is 1. The van der Waals surface area contributed by atoms with E-state index in [1.807, 2.05) is 11.8 Å². The number of benzene rings is 1. The summed E-state index contributed by atoms with van der Waals surface area (Å²) in [6.45, 7) is 4.53. The minimum atomic E-state index is -4.26. The molecular weight excluding hydrogens is 345 g/mol. The van der Waals surface area contributed by atoms with Gasteiger partial charge in [-0.15, -0.1) is 0 Å². The third-order valence-corrected chi connectivity index (χ3v) is 4.50. The Morgan fingerprint density at radius 3 is 2.38 bits per heavy atom. The number of hydrogen-bond acceptors (Lipinski definition) is 3. The molecule has 1 aromatic carbocycles. The molecule has 1 aliphatic heterocycles. The molecule has 146 valence electrons. The Bertz CT molecular complexity index is 553.